The predicted molar refractivity (Wildman–Crippen MR) is 92.8 cm³/mol. The van der Waals surface area contributed by atoms with Crippen LogP contribution in [0.5, 0.6) is 0 Å². The standard InChI is InChI=1S/C17H19N3O3S/c1-13(14-7-4-3-5-8-14)19(2)17(21)15-9-6-10-20-11-12-24(22,23)18-16(15)20/h3-10,13H,11-12H2,1-2H3. The van der Waals surface area contributed by atoms with Crippen molar-refractivity contribution in [2.45, 2.75) is 13.0 Å². The number of sulfonamides is 1. The first-order valence-corrected chi connectivity index (χ1v) is 9.30. The first-order valence-electron chi connectivity index (χ1n) is 7.69. The minimum absolute atomic E-state index is 0.0431. The van der Waals surface area contributed by atoms with E-state index >= 15 is 0 Å². The molecule has 0 aromatic heterocycles. The van der Waals surface area contributed by atoms with Gasteiger partial charge in [-0.15, -0.1) is 4.40 Å². The number of likely N-dealkylation sites (N-methyl/N-ethyl adjacent to an activating group) is 1. The number of allylic oxidation sites excluding steroid dienone is 2. The molecule has 0 saturated carbocycles. The van der Waals surface area contributed by atoms with Crippen molar-refractivity contribution < 1.29 is 13.2 Å². The van der Waals surface area contributed by atoms with Crippen LogP contribution in [-0.2, 0) is 14.8 Å². The van der Waals surface area contributed by atoms with Crippen molar-refractivity contribution >= 4 is 21.8 Å². The van der Waals surface area contributed by atoms with Crippen LogP contribution in [0.25, 0.3) is 0 Å². The Morgan fingerprint density at radius 1 is 1.29 bits per heavy atom. The maximum absolute atomic E-state index is 12.9. The molecule has 2 aliphatic rings. The van der Waals surface area contributed by atoms with Crippen LogP contribution in [0.3, 0.4) is 0 Å². The van der Waals surface area contributed by atoms with Crippen LogP contribution < -0.4 is 0 Å². The minimum atomic E-state index is -3.52. The number of amides is 1. The van der Waals surface area contributed by atoms with E-state index in [2.05, 4.69) is 4.40 Å². The number of carbonyl (C=O) groups excluding carboxylic acids is 1. The van der Waals surface area contributed by atoms with Crippen LogP contribution in [-0.4, -0.2) is 49.3 Å². The molecule has 1 atom stereocenters. The van der Waals surface area contributed by atoms with E-state index < -0.39 is 10.0 Å². The van der Waals surface area contributed by atoms with E-state index in [1.165, 1.54) is 0 Å². The summed E-state index contributed by atoms with van der Waals surface area (Å²) < 4.78 is 27.4. The summed E-state index contributed by atoms with van der Waals surface area (Å²) in [6.45, 7) is 2.24. The van der Waals surface area contributed by atoms with Crippen LogP contribution in [0.4, 0.5) is 0 Å². The number of hydrogen-bond acceptors (Lipinski definition) is 4. The van der Waals surface area contributed by atoms with Gasteiger partial charge in [0.15, 0.2) is 5.84 Å². The first kappa shape index (κ1) is 16.4. The zero-order valence-electron chi connectivity index (χ0n) is 13.6. The molecule has 0 N–H and O–H groups in total. The quantitative estimate of drug-likeness (QED) is 0.836. The van der Waals surface area contributed by atoms with Gasteiger partial charge in [-0.25, -0.2) is 8.42 Å². The molecule has 0 bridgehead atoms. The van der Waals surface area contributed by atoms with E-state index in [0.29, 0.717) is 12.1 Å². The van der Waals surface area contributed by atoms with E-state index in [0.717, 1.165) is 5.56 Å². The van der Waals surface area contributed by atoms with Gasteiger partial charge in [0.05, 0.1) is 17.4 Å². The van der Waals surface area contributed by atoms with E-state index in [1.807, 2.05) is 37.3 Å². The number of nitrogens with zero attached hydrogens (tertiary/aromatic N) is 3. The number of benzene rings is 1. The van der Waals surface area contributed by atoms with E-state index in [4.69, 9.17) is 0 Å². The monoisotopic (exact) mass is 345 g/mol. The minimum Gasteiger partial charge on any atom is -0.335 e. The van der Waals surface area contributed by atoms with Gasteiger partial charge in [0, 0.05) is 19.8 Å². The molecule has 3 rings (SSSR count). The van der Waals surface area contributed by atoms with E-state index in [-0.39, 0.29) is 23.5 Å². The fourth-order valence-corrected chi connectivity index (χ4v) is 3.69. The SMILES string of the molecule is CC(c1ccccc1)N(C)C(=O)C1=CC=CN2CCS(=O)(=O)N=C12. The lowest BCUT2D eigenvalue weighted by Gasteiger charge is -2.32. The molecule has 2 heterocycles. The molecular weight excluding hydrogens is 326 g/mol. The summed E-state index contributed by atoms with van der Waals surface area (Å²) in [7, 11) is -1.81. The van der Waals surface area contributed by atoms with E-state index in [9.17, 15) is 13.2 Å². The van der Waals surface area contributed by atoms with Crippen molar-refractivity contribution in [2.24, 2.45) is 4.40 Å². The third-order valence-electron chi connectivity index (χ3n) is 4.27. The molecule has 126 valence electrons. The summed E-state index contributed by atoms with van der Waals surface area (Å²) in [5, 5.41) is 0. The van der Waals surface area contributed by atoms with Gasteiger partial charge in [0.1, 0.15) is 0 Å². The molecule has 1 amide bonds. The Labute approximate surface area is 141 Å². The normalized spacial score (nSPS) is 19.8. The maximum Gasteiger partial charge on any atom is 0.257 e. The maximum atomic E-state index is 12.9. The van der Waals surface area contributed by atoms with Gasteiger partial charge in [0.2, 0.25) is 0 Å². The molecule has 0 aliphatic carbocycles. The highest BCUT2D eigenvalue weighted by atomic mass is 32.2. The van der Waals surface area contributed by atoms with Crippen molar-refractivity contribution in [2.75, 3.05) is 19.3 Å². The third kappa shape index (κ3) is 3.12. The van der Waals surface area contributed by atoms with Crippen LogP contribution >= 0.6 is 0 Å². The lowest BCUT2D eigenvalue weighted by molar-refractivity contribution is -0.127. The largest absolute Gasteiger partial charge is 0.335 e. The molecule has 6 nitrogen and oxygen atoms in total. The Balaban J connectivity index is 1.90. The summed E-state index contributed by atoms with van der Waals surface area (Å²) in [5.74, 6) is -0.0871. The van der Waals surface area contributed by atoms with Crippen LogP contribution in [0.1, 0.15) is 18.5 Å². The zero-order chi connectivity index (χ0) is 17.3. The smallest absolute Gasteiger partial charge is 0.257 e. The second-order valence-corrected chi connectivity index (χ2v) is 7.57. The summed E-state index contributed by atoms with van der Waals surface area (Å²) in [5.41, 5.74) is 1.31. The fourth-order valence-electron chi connectivity index (χ4n) is 2.70. The third-order valence-corrected chi connectivity index (χ3v) is 5.42. The molecule has 1 aromatic carbocycles. The lowest BCUT2D eigenvalue weighted by Crippen LogP contribution is -2.43. The molecule has 0 fully saturated rings. The number of carbonyl (C=O) groups is 1. The second kappa shape index (κ2) is 6.24. The Morgan fingerprint density at radius 2 is 2.00 bits per heavy atom. The Hall–Kier alpha value is -2.41. The topological polar surface area (TPSA) is 70.1 Å². The van der Waals surface area contributed by atoms with Crippen molar-refractivity contribution in [3.63, 3.8) is 0 Å². The Bertz CT molecular complexity index is 841. The van der Waals surface area contributed by atoms with Gasteiger partial charge in [-0.2, -0.15) is 0 Å². The second-order valence-electron chi connectivity index (χ2n) is 5.82. The highest BCUT2D eigenvalue weighted by molar-refractivity contribution is 7.90. The van der Waals surface area contributed by atoms with Gasteiger partial charge in [-0.05, 0) is 24.6 Å². The van der Waals surface area contributed by atoms with E-state index in [1.54, 1.807) is 35.2 Å². The number of fused-ring (bicyclic) bond motifs is 1. The average molecular weight is 345 g/mol. The lowest BCUT2D eigenvalue weighted by atomic mass is 10.0. The Kier molecular flexibility index (Phi) is 4.28. The highest BCUT2D eigenvalue weighted by Crippen LogP contribution is 2.24. The van der Waals surface area contributed by atoms with Gasteiger partial charge in [-0.3, -0.25) is 4.79 Å². The van der Waals surface area contributed by atoms with Crippen molar-refractivity contribution in [1.29, 1.82) is 0 Å². The molecular formula is C17H19N3O3S. The summed E-state index contributed by atoms with van der Waals surface area (Å²) >= 11 is 0. The molecule has 24 heavy (non-hydrogen) atoms. The van der Waals surface area contributed by atoms with Crippen LogP contribution in [0.15, 0.2) is 58.7 Å². The van der Waals surface area contributed by atoms with Crippen molar-refractivity contribution in [3.8, 4) is 0 Å². The molecule has 0 saturated heterocycles. The summed E-state index contributed by atoms with van der Waals surface area (Å²) in [6.07, 6.45) is 5.10. The number of hydrogen-bond donors (Lipinski definition) is 0. The van der Waals surface area contributed by atoms with Gasteiger partial charge < -0.3 is 9.80 Å². The predicted octanol–water partition coefficient (Wildman–Crippen LogP) is 1.70. The summed E-state index contributed by atoms with van der Waals surface area (Å²) in [4.78, 5) is 16.2. The molecule has 7 heteroatoms. The molecule has 2 aliphatic heterocycles. The zero-order valence-corrected chi connectivity index (χ0v) is 14.4. The number of amidine groups is 1. The first-order chi connectivity index (χ1) is 11.4. The fraction of sp³-hybridized carbons (Fsp3) is 0.294. The van der Waals surface area contributed by atoms with Gasteiger partial charge >= 0.3 is 0 Å². The van der Waals surface area contributed by atoms with Crippen molar-refractivity contribution in [1.82, 2.24) is 9.80 Å². The summed E-state index contributed by atoms with van der Waals surface area (Å²) in [6, 6.07) is 9.54. The molecule has 0 radical (unpaired) electrons. The van der Waals surface area contributed by atoms with Crippen LogP contribution in [0, 0.1) is 0 Å². The molecule has 0 spiro atoms. The average Bonchev–Trinajstić information content (AvgIpc) is 2.59. The van der Waals surface area contributed by atoms with Crippen molar-refractivity contribution in [3.05, 3.63) is 59.8 Å². The Morgan fingerprint density at radius 3 is 2.71 bits per heavy atom. The van der Waals surface area contributed by atoms with Gasteiger partial charge in [-0.1, -0.05) is 30.3 Å². The molecule has 1 aromatic rings. The number of rotatable bonds is 3. The molecule has 1 unspecified atom stereocenters. The highest BCUT2D eigenvalue weighted by Gasteiger charge is 2.32. The van der Waals surface area contributed by atoms with Gasteiger partial charge in [0.25, 0.3) is 15.9 Å². The van der Waals surface area contributed by atoms with Crippen LogP contribution in [0.2, 0.25) is 0 Å².